The Hall–Kier alpha value is -3.27. The van der Waals surface area contributed by atoms with Crippen LogP contribution in [-0.2, 0) is 4.74 Å². The predicted octanol–water partition coefficient (Wildman–Crippen LogP) is 6.26. The van der Waals surface area contributed by atoms with Crippen molar-refractivity contribution in [2.24, 2.45) is 0 Å². The number of thiocarbonyl (C=S) groups is 1. The van der Waals surface area contributed by atoms with E-state index in [0.717, 1.165) is 54.7 Å². The lowest BCUT2D eigenvalue weighted by molar-refractivity contribution is 0.122. The van der Waals surface area contributed by atoms with Gasteiger partial charge in [-0.2, -0.15) is 0 Å². The first-order chi connectivity index (χ1) is 18.1. The summed E-state index contributed by atoms with van der Waals surface area (Å²) in [6.07, 6.45) is 1.78. The zero-order valence-electron chi connectivity index (χ0n) is 19.8. The number of anilines is 2. The van der Waals surface area contributed by atoms with Crippen LogP contribution in [0.25, 0.3) is 11.3 Å². The largest absolute Gasteiger partial charge is 0.459 e. The van der Waals surface area contributed by atoms with Crippen molar-refractivity contribution in [3.8, 4) is 11.3 Å². The first kappa shape index (κ1) is 24.1. The topological polar surface area (TPSA) is 53.8 Å². The van der Waals surface area contributed by atoms with Crippen LogP contribution in [0.3, 0.4) is 0 Å². The van der Waals surface area contributed by atoms with Crippen LogP contribution in [0.4, 0.5) is 15.8 Å². The fraction of sp³-hybridized carbons (Fsp3) is 0.214. The van der Waals surface area contributed by atoms with Gasteiger partial charge in [0.2, 0.25) is 0 Å². The molecule has 6 nitrogen and oxygen atoms in total. The number of ether oxygens (including phenoxy) is 1. The number of hydrogen-bond donors (Lipinski definition) is 1. The maximum atomic E-state index is 13.7. The SMILES string of the molecule is Fc1ccc(-c2ccc([C@H]3[C@@H](c4ccccn4)NC(=S)N3c3ccc(N4CCOCC4)cc3)o2)c(Br)c1. The minimum absolute atomic E-state index is 0.219. The Morgan fingerprint density at radius 3 is 2.49 bits per heavy atom. The fourth-order valence-corrected chi connectivity index (χ4v) is 5.81. The highest BCUT2D eigenvalue weighted by Gasteiger charge is 2.42. The standard InChI is InChI=1S/C28H24BrFN4O2S/c29-22-17-18(30)4-9-21(22)24-10-11-25(36-24)27-26(23-3-1-2-12-31-23)32-28(37)34(27)20-7-5-19(6-8-20)33-13-15-35-16-14-33/h1-12,17,26-27H,13-16H2,(H,32,37)/t26-,27+/m1/s1. The van der Waals surface area contributed by atoms with E-state index in [2.05, 4.69) is 60.3 Å². The Morgan fingerprint density at radius 2 is 1.76 bits per heavy atom. The van der Waals surface area contributed by atoms with Crippen molar-refractivity contribution in [2.45, 2.75) is 12.1 Å². The summed E-state index contributed by atoms with van der Waals surface area (Å²) in [5, 5.41) is 4.06. The molecule has 0 spiro atoms. The number of furan rings is 1. The van der Waals surface area contributed by atoms with E-state index >= 15 is 0 Å². The Morgan fingerprint density at radius 1 is 0.973 bits per heavy atom. The van der Waals surface area contributed by atoms with Crippen molar-refractivity contribution < 1.29 is 13.5 Å². The van der Waals surface area contributed by atoms with Crippen LogP contribution in [0.15, 0.2) is 87.9 Å². The van der Waals surface area contributed by atoms with E-state index in [1.807, 2.05) is 30.3 Å². The van der Waals surface area contributed by atoms with Crippen molar-refractivity contribution in [1.29, 1.82) is 0 Å². The zero-order valence-corrected chi connectivity index (χ0v) is 22.2. The number of pyridine rings is 1. The van der Waals surface area contributed by atoms with Gasteiger partial charge in [-0.25, -0.2) is 4.39 Å². The van der Waals surface area contributed by atoms with Crippen LogP contribution in [0, 0.1) is 5.82 Å². The molecule has 0 radical (unpaired) electrons. The van der Waals surface area contributed by atoms with E-state index in [4.69, 9.17) is 21.4 Å². The molecule has 9 heteroatoms. The molecule has 2 aromatic heterocycles. The Bertz CT molecular complexity index is 1410. The second-order valence-corrected chi connectivity index (χ2v) is 10.2. The van der Waals surface area contributed by atoms with Crippen molar-refractivity contribution in [1.82, 2.24) is 10.3 Å². The van der Waals surface area contributed by atoms with E-state index in [-0.39, 0.29) is 17.9 Å². The molecule has 2 aromatic carbocycles. The molecule has 0 bridgehead atoms. The molecule has 2 fully saturated rings. The first-order valence-electron chi connectivity index (χ1n) is 12.1. The Kier molecular flexibility index (Phi) is 6.67. The van der Waals surface area contributed by atoms with Gasteiger partial charge >= 0.3 is 0 Å². The average molecular weight is 579 g/mol. The number of benzene rings is 2. The smallest absolute Gasteiger partial charge is 0.174 e. The van der Waals surface area contributed by atoms with E-state index in [1.54, 1.807) is 12.3 Å². The Labute approximate surface area is 228 Å². The van der Waals surface area contributed by atoms with Crippen LogP contribution in [0.2, 0.25) is 0 Å². The summed E-state index contributed by atoms with van der Waals surface area (Å²) in [4.78, 5) is 9.01. The third-order valence-corrected chi connectivity index (χ3v) is 7.69. The van der Waals surface area contributed by atoms with Gasteiger partial charge < -0.3 is 24.3 Å². The molecule has 188 valence electrons. The number of aromatic nitrogens is 1. The first-order valence-corrected chi connectivity index (χ1v) is 13.3. The number of morpholine rings is 1. The number of nitrogens with zero attached hydrogens (tertiary/aromatic N) is 3. The highest BCUT2D eigenvalue weighted by Crippen LogP contribution is 2.43. The minimum atomic E-state index is -0.310. The average Bonchev–Trinajstić information content (AvgIpc) is 3.54. The van der Waals surface area contributed by atoms with Gasteiger partial charge in [-0.05, 0) is 94.9 Å². The van der Waals surface area contributed by atoms with E-state index in [9.17, 15) is 4.39 Å². The molecule has 37 heavy (non-hydrogen) atoms. The summed E-state index contributed by atoms with van der Waals surface area (Å²) in [5.41, 5.74) is 3.75. The summed E-state index contributed by atoms with van der Waals surface area (Å²) in [7, 11) is 0. The van der Waals surface area contributed by atoms with Gasteiger partial charge in [-0.3, -0.25) is 4.98 Å². The van der Waals surface area contributed by atoms with E-state index in [1.165, 1.54) is 12.1 Å². The lowest BCUT2D eigenvalue weighted by Crippen LogP contribution is -2.36. The molecule has 6 rings (SSSR count). The molecule has 0 amide bonds. The number of rotatable bonds is 5. The van der Waals surface area contributed by atoms with Crippen LogP contribution >= 0.6 is 28.1 Å². The van der Waals surface area contributed by atoms with Gasteiger partial charge in [0, 0.05) is 40.7 Å². The molecule has 1 N–H and O–H groups in total. The molecule has 4 heterocycles. The molecular weight excluding hydrogens is 555 g/mol. The molecule has 2 atom stereocenters. The molecule has 0 saturated carbocycles. The molecular formula is C28H24BrFN4O2S. The summed E-state index contributed by atoms with van der Waals surface area (Å²) in [6.45, 7) is 3.23. The lowest BCUT2D eigenvalue weighted by Gasteiger charge is -2.30. The molecule has 0 unspecified atom stereocenters. The van der Waals surface area contributed by atoms with Gasteiger partial charge in [0.1, 0.15) is 23.4 Å². The monoisotopic (exact) mass is 578 g/mol. The number of nitrogens with one attached hydrogen (secondary N) is 1. The molecule has 0 aliphatic carbocycles. The van der Waals surface area contributed by atoms with Gasteiger partial charge in [0.05, 0.1) is 24.9 Å². The fourth-order valence-electron chi connectivity index (χ4n) is 4.91. The van der Waals surface area contributed by atoms with Gasteiger partial charge in [-0.1, -0.05) is 6.07 Å². The zero-order chi connectivity index (χ0) is 25.4. The third kappa shape index (κ3) is 4.74. The van der Waals surface area contributed by atoms with Gasteiger partial charge in [0.25, 0.3) is 0 Å². The molecule has 2 saturated heterocycles. The second kappa shape index (κ2) is 10.2. The van der Waals surface area contributed by atoms with Crippen molar-refractivity contribution >= 4 is 44.6 Å². The summed E-state index contributed by atoms with van der Waals surface area (Å²) in [6, 6.07) is 22.2. The second-order valence-electron chi connectivity index (χ2n) is 8.94. The highest BCUT2D eigenvalue weighted by atomic mass is 79.9. The predicted molar refractivity (Wildman–Crippen MR) is 149 cm³/mol. The molecule has 2 aliphatic heterocycles. The van der Waals surface area contributed by atoms with Crippen LogP contribution in [0.5, 0.6) is 0 Å². The highest BCUT2D eigenvalue weighted by molar-refractivity contribution is 9.10. The van der Waals surface area contributed by atoms with Crippen molar-refractivity contribution in [2.75, 3.05) is 36.1 Å². The summed E-state index contributed by atoms with van der Waals surface area (Å²) in [5.74, 6) is 1.06. The maximum Gasteiger partial charge on any atom is 0.174 e. The maximum absolute atomic E-state index is 13.7. The van der Waals surface area contributed by atoms with Gasteiger partial charge in [-0.15, -0.1) is 0 Å². The van der Waals surface area contributed by atoms with Gasteiger partial charge in [0.15, 0.2) is 5.11 Å². The summed E-state index contributed by atoms with van der Waals surface area (Å²) >= 11 is 9.30. The lowest BCUT2D eigenvalue weighted by atomic mass is 10.0. The Balaban J connectivity index is 1.38. The van der Waals surface area contributed by atoms with Crippen LogP contribution in [-0.4, -0.2) is 36.4 Å². The molecule has 4 aromatic rings. The van der Waals surface area contributed by atoms with Crippen molar-refractivity contribution in [3.63, 3.8) is 0 Å². The minimum Gasteiger partial charge on any atom is -0.459 e. The van der Waals surface area contributed by atoms with E-state index in [0.29, 0.717) is 15.3 Å². The normalized spacial score (nSPS) is 19.8. The van der Waals surface area contributed by atoms with Crippen LogP contribution in [0.1, 0.15) is 23.5 Å². The quantitative estimate of drug-likeness (QED) is 0.280. The third-order valence-electron chi connectivity index (χ3n) is 6.72. The van der Waals surface area contributed by atoms with E-state index < -0.39 is 0 Å². The van der Waals surface area contributed by atoms with Crippen LogP contribution < -0.4 is 15.1 Å². The number of hydrogen-bond acceptors (Lipinski definition) is 5. The summed E-state index contributed by atoms with van der Waals surface area (Å²) < 4.78 is 26.2. The number of halogens is 2. The van der Waals surface area contributed by atoms with Crippen molar-refractivity contribution in [3.05, 3.63) is 101 Å². The molecule has 2 aliphatic rings.